The summed E-state index contributed by atoms with van der Waals surface area (Å²) in [6.45, 7) is 0. The van der Waals surface area contributed by atoms with Crippen LogP contribution in [-0.2, 0) is 0 Å². The summed E-state index contributed by atoms with van der Waals surface area (Å²) in [6, 6.07) is 0. The predicted octanol–water partition coefficient (Wildman–Crippen LogP) is -1.96. The van der Waals surface area contributed by atoms with E-state index in [1.165, 1.54) is 0 Å². The van der Waals surface area contributed by atoms with E-state index in [1.807, 2.05) is 0 Å². The van der Waals surface area contributed by atoms with Crippen molar-refractivity contribution in [2.24, 2.45) is 0 Å². The third-order valence-electron chi connectivity index (χ3n) is 0. The van der Waals surface area contributed by atoms with Gasteiger partial charge in [0.25, 0.3) is 0 Å². The van der Waals surface area contributed by atoms with Crippen LogP contribution < -0.4 is 0 Å². The molecule has 0 fully saturated rings. The second kappa shape index (κ2) is 47.6. The first-order valence-electron chi connectivity index (χ1n) is 0. The van der Waals surface area contributed by atoms with Crippen LogP contribution in [0.3, 0.4) is 0 Å². The third kappa shape index (κ3) is 29.0. The van der Waals surface area contributed by atoms with Crippen LogP contribution in [0.25, 0.3) is 0 Å². The summed E-state index contributed by atoms with van der Waals surface area (Å²) in [4.78, 5) is 0. The van der Waals surface area contributed by atoms with Crippen molar-refractivity contribution in [1.82, 2.24) is 0 Å². The molecule has 2 nitrogen and oxygen atoms in total. The quantitative estimate of drug-likeness (QED) is 0.321. The minimum atomic E-state index is 0. The van der Waals surface area contributed by atoms with Gasteiger partial charge in [-0.3, -0.25) is 0 Å². The molecule has 0 unspecified atom stereocenters. The maximum atomic E-state index is 0. The van der Waals surface area contributed by atoms with E-state index in [0.717, 1.165) is 0 Å². The first-order chi connectivity index (χ1) is 0. The predicted molar refractivity (Wildman–Crippen MR) is 25.1 cm³/mol. The molecule has 0 heterocycles. The second-order valence-electron chi connectivity index (χ2n) is 0. The van der Waals surface area contributed by atoms with Gasteiger partial charge in [0, 0.05) is 0 Å². The van der Waals surface area contributed by atoms with Gasteiger partial charge in [0.15, 0.2) is 0 Å². The van der Waals surface area contributed by atoms with Gasteiger partial charge in [-0.25, -0.2) is 0 Å². The molecular formula is CH7BBaO2. The van der Waals surface area contributed by atoms with E-state index >= 15 is 0 Å². The monoisotopic (exact) mass is 200 g/mol. The zero-order chi connectivity index (χ0) is 0. The smallest absolute Gasteiger partial charge is 1.00 e. The SMILES string of the molecule is O.O.[B-].[Ba+2].[CH3-]. The van der Waals surface area contributed by atoms with E-state index < -0.39 is 0 Å². The van der Waals surface area contributed by atoms with Crippen molar-refractivity contribution < 1.29 is 11.0 Å². The fraction of sp³-hybridized carbons (Fsp3) is 0. The van der Waals surface area contributed by atoms with Crippen molar-refractivity contribution in [3.05, 3.63) is 7.43 Å². The summed E-state index contributed by atoms with van der Waals surface area (Å²) < 4.78 is 0. The summed E-state index contributed by atoms with van der Waals surface area (Å²) >= 11 is 0. The Kier molecular flexibility index (Phi) is 796. The fourth-order valence-electron chi connectivity index (χ4n) is 0. The van der Waals surface area contributed by atoms with E-state index in [2.05, 4.69) is 0 Å². The molecule has 0 saturated carbocycles. The van der Waals surface area contributed by atoms with E-state index in [4.69, 9.17) is 0 Å². The minimum absolute atomic E-state index is 0. The van der Waals surface area contributed by atoms with Crippen molar-refractivity contribution >= 4 is 57.3 Å². The van der Waals surface area contributed by atoms with E-state index in [9.17, 15) is 0 Å². The Hall–Kier alpha value is 1.56. The van der Waals surface area contributed by atoms with Crippen molar-refractivity contribution in [3.8, 4) is 0 Å². The van der Waals surface area contributed by atoms with Gasteiger partial charge >= 0.3 is 48.9 Å². The van der Waals surface area contributed by atoms with Gasteiger partial charge in [-0.05, 0) is 0 Å². The Morgan fingerprint density at radius 1 is 0.800 bits per heavy atom. The largest absolute Gasteiger partial charge is 2.00 e. The van der Waals surface area contributed by atoms with Crippen molar-refractivity contribution in [2.45, 2.75) is 0 Å². The van der Waals surface area contributed by atoms with E-state index in [-0.39, 0.29) is 75.7 Å². The first kappa shape index (κ1) is 83.6. The Morgan fingerprint density at radius 2 is 0.800 bits per heavy atom. The summed E-state index contributed by atoms with van der Waals surface area (Å²) in [6.07, 6.45) is 0. The van der Waals surface area contributed by atoms with Gasteiger partial charge in [0.05, 0.1) is 0 Å². The molecule has 4 radical (unpaired) electrons. The summed E-state index contributed by atoms with van der Waals surface area (Å²) in [5.41, 5.74) is 0. The van der Waals surface area contributed by atoms with Crippen LogP contribution in [0.2, 0.25) is 0 Å². The van der Waals surface area contributed by atoms with Gasteiger partial charge in [0.1, 0.15) is 0 Å². The maximum absolute atomic E-state index is 0. The van der Waals surface area contributed by atoms with Crippen LogP contribution in [0.15, 0.2) is 0 Å². The van der Waals surface area contributed by atoms with Gasteiger partial charge in [-0.1, -0.05) is 0 Å². The van der Waals surface area contributed by atoms with Crippen LogP contribution in [0, 0.1) is 7.43 Å². The zero-order valence-electron chi connectivity index (χ0n) is 3.28. The topological polar surface area (TPSA) is 63.0 Å². The molecule has 4 heteroatoms. The molecule has 0 bridgehead atoms. The first-order valence-corrected chi connectivity index (χ1v) is 0. The van der Waals surface area contributed by atoms with Crippen molar-refractivity contribution in [3.63, 3.8) is 0 Å². The van der Waals surface area contributed by atoms with Crippen LogP contribution in [-0.4, -0.2) is 68.2 Å². The molecular weight excluding hydrogens is 192 g/mol. The Balaban J connectivity index is 0. The Labute approximate surface area is 74.6 Å². The normalized spacial score (nSPS) is 0. The van der Waals surface area contributed by atoms with Gasteiger partial charge < -0.3 is 26.8 Å². The molecule has 0 aliphatic rings. The van der Waals surface area contributed by atoms with Crippen molar-refractivity contribution in [1.29, 1.82) is 0 Å². The summed E-state index contributed by atoms with van der Waals surface area (Å²) in [7, 11) is 0. The maximum Gasteiger partial charge on any atom is 2.00 e. The molecule has 0 atom stereocenters. The number of hydrogen-bond acceptors (Lipinski definition) is 0. The molecule has 4 N–H and O–H groups in total. The van der Waals surface area contributed by atoms with Gasteiger partial charge in [0.2, 0.25) is 0 Å². The van der Waals surface area contributed by atoms with Crippen molar-refractivity contribution in [2.75, 3.05) is 0 Å². The van der Waals surface area contributed by atoms with E-state index in [0.29, 0.717) is 0 Å². The van der Waals surface area contributed by atoms with Gasteiger partial charge in [-0.2, -0.15) is 0 Å². The molecule has 0 saturated heterocycles. The molecule has 0 aromatic carbocycles. The second-order valence-corrected chi connectivity index (χ2v) is 0. The fourth-order valence-corrected chi connectivity index (χ4v) is 0. The molecule has 28 valence electrons. The average Bonchev–Trinajstić information content (AvgIpc) is 0. The van der Waals surface area contributed by atoms with Crippen LogP contribution in [0.5, 0.6) is 0 Å². The van der Waals surface area contributed by atoms with Crippen LogP contribution in [0.1, 0.15) is 0 Å². The van der Waals surface area contributed by atoms with E-state index in [1.54, 1.807) is 0 Å². The molecule has 0 rings (SSSR count). The zero-order valence-corrected chi connectivity index (χ0v) is 7.73. The summed E-state index contributed by atoms with van der Waals surface area (Å²) in [5, 5.41) is 0. The third-order valence-corrected chi connectivity index (χ3v) is 0. The average molecular weight is 199 g/mol. The molecule has 5 heavy (non-hydrogen) atoms. The van der Waals surface area contributed by atoms with Gasteiger partial charge in [-0.15, -0.1) is 0 Å². The molecule has 0 aliphatic carbocycles. The van der Waals surface area contributed by atoms with Crippen LogP contribution in [0.4, 0.5) is 0 Å². The molecule has 0 aromatic rings. The molecule has 0 aliphatic heterocycles. The number of hydrogen-bond donors (Lipinski definition) is 0. The Bertz CT molecular complexity index is 9.61. The minimum Gasteiger partial charge on any atom is -1.00 e. The molecule has 0 amide bonds. The Morgan fingerprint density at radius 3 is 0.800 bits per heavy atom. The molecule has 0 spiro atoms. The van der Waals surface area contributed by atoms with Crippen LogP contribution >= 0.6 is 0 Å². The standard InChI is InChI=1S/CH3.B.Ba.2H2O/h1H3;;;2*1H2/q2*-1;+2;;. The molecule has 0 aromatic heterocycles. The number of rotatable bonds is 0. The summed E-state index contributed by atoms with van der Waals surface area (Å²) in [5.74, 6) is 0.